The van der Waals surface area contributed by atoms with E-state index in [2.05, 4.69) is 18.3 Å². The minimum atomic E-state index is -0.297. The fourth-order valence-corrected chi connectivity index (χ4v) is 3.06. The first-order valence-corrected chi connectivity index (χ1v) is 8.39. The van der Waals surface area contributed by atoms with Gasteiger partial charge in [-0.2, -0.15) is 0 Å². The lowest BCUT2D eigenvalue weighted by molar-refractivity contribution is 0.0996. The van der Waals surface area contributed by atoms with Gasteiger partial charge in [0.05, 0.1) is 5.69 Å². The summed E-state index contributed by atoms with van der Waals surface area (Å²) in [4.78, 5) is 12.7. The molecule has 0 spiro atoms. The van der Waals surface area contributed by atoms with E-state index < -0.39 is 0 Å². The molecule has 25 heavy (non-hydrogen) atoms. The van der Waals surface area contributed by atoms with Gasteiger partial charge < -0.3 is 19.2 Å². The van der Waals surface area contributed by atoms with Crippen LogP contribution in [0.3, 0.4) is 0 Å². The molecule has 1 aromatic heterocycles. The van der Waals surface area contributed by atoms with Gasteiger partial charge in [-0.05, 0) is 43.2 Å². The van der Waals surface area contributed by atoms with Gasteiger partial charge in [-0.3, -0.25) is 4.79 Å². The molecule has 1 N–H and O–H groups in total. The number of rotatable bonds is 3. The maximum absolute atomic E-state index is 12.7. The van der Waals surface area contributed by atoms with Gasteiger partial charge in [0.25, 0.3) is 5.91 Å². The third-order valence-electron chi connectivity index (χ3n) is 4.43. The van der Waals surface area contributed by atoms with Crippen molar-refractivity contribution >= 4 is 22.6 Å². The third-order valence-corrected chi connectivity index (χ3v) is 4.43. The van der Waals surface area contributed by atoms with E-state index in [1.807, 2.05) is 31.2 Å². The second kappa shape index (κ2) is 6.16. The van der Waals surface area contributed by atoms with E-state index in [0.29, 0.717) is 36.2 Å². The number of hydrogen-bond donors (Lipinski definition) is 1. The quantitative estimate of drug-likeness (QED) is 0.773. The summed E-state index contributed by atoms with van der Waals surface area (Å²) in [6.45, 7) is 4.97. The van der Waals surface area contributed by atoms with Crippen LogP contribution >= 0.6 is 0 Å². The summed E-state index contributed by atoms with van der Waals surface area (Å²) in [6, 6.07) is 11.4. The Balaban J connectivity index is 1.68. The van der Waals surface area contributed by atoms with Crippen molar-refractivity contribution in [1.29, 1.82) is 0 Å². The highest BCUT2D eigenvalue weighted by Gasteiger charge is 2.21. The van der Waals surface area contributed by atoms with Crippen molar-refractivity contribution in [3.05, 3.63) is 53.3 Å². The van der Waals surface area contributed by atoms with Gasteiger partial charge in [0.1, 0.15) is 18.8 Å². The van der Waals surface area contributed by atoms with E-state index in [9.17, 15) is 4.79 Å². The number of hydrogen-bond acceptors (Lipinski definition) is 4. The number of furan rings is 1. The predicted octanol–water partition coefficient (Wildman–Crippen LogP) is 4.33. The maximum atomic E-state index is 12.7. The van der Waals surface area contributed by atoms with E-state index in [0.717, 1.165) is 23.0 Å². The molecule has 0 aliphatic carbocycles. The van der Waals surface area contributed by atoms with Gasteiger partial charge in [-0.1, -0.05) is 19.1 Å². The van der Waals surface area contributed by atoms with Crippen molar-refractivity contribution in [3.63, 3.8) is 0 Å². The molecule has 0 bridgehead atoms. The zero-order valence-electron chi connectivity index (χ0n) is 14.2. The standard InChI is InChI=1S/C20H19NO4/c1-3-13-7-8-16-14(11-13)12(2)18(25-16)20(22)21-15-5-4-6-17-19(15)24-10-9-23-17/h4-8,11H,3,9-10H2,1-2H3,(H,21,22). The molecule has 0 saturated heterocycles. The molecule has 128 valence electrons. The molecule has 1 aliphatic heterocycles. The highest BCUT2D eigenvalue weighted by molar-refractivity contribution is 6.07. The second-order valence-electron chi connectivity index (χ2n) is 6.02. The van der Waals surface area contributed by atoms with Crippen LogP contribution < -0.4 is 14.8 Å². The molecule has 0 radical (unpaired) electrons. The largest absolute Gasteiger partial charge is 0.486 e. The Labute approximate surface area is 145 Å². The average molecular weight is 337 g/mol. The monoisotopic (exact) mass is 337 g/mol. The number of fused-ring (bicyclic) bond motifs is 2. The molecule has 5 nitrogen and oxygen atoms in total. The number of aryl methyl sites for hydroxylation is 2. The van der Waals surface area contributed by atoms with E-state index in [1.54, 1.807) is 6.07 Å². The Hall–Kier alpha value is -2.95. The zero-order chi connectivity index (χ0) is 17.4. The Morgan fingerprint density at radius 1 is 1.16 bits per heavy atom. The number of anilines is 1. The van der Waals surface area contributed by atoms with Gasteiger partial charge in [0, 0.05) is 10.9 Å². The summed E-state index contributed by atoms with van der Waals surface area (Å²) < 4.78 is 17.0. The van der Waals surface area contributed by atoms with Crippen LogP contribution in [-0.4, -0.2) is 19.1 Å². The molecule has 1 aliphatic rings. The molecule has 2 heterocycles. The molecule has 1 amide bonds. The lowest BCUT2D eigenvalue weighted by Crippen LogP contribution is -2.18. The van der Waals surface area contributed by atoms with Crippen LogP contribution in [0, 0.1) is 6.92 Å². The number of nitrogens with one attached hydrogen (secondary N) is 1. The molecule has 0 unspecified atom stereocenters. The number of carbonyl (C=O) groups is 1. The SMILES string of the molecule is CCc1ccc2oc(C(=O)Nc3cccc4c3OCCO4)c(C)c2c1. The lowest BCUT2D eigenvalue weighted by Gasteiger charge is -2.20. The molecule has 0 saturated carbocycles. The van der Waals surface area contributed by atoms with Gasteiger partial charge in [0.2, 0.25) is 0 Å². The second-order valence-corrected chi connectivity index (χ2v) is 6.02. The molecular formula is C20H19NO4. The first kappa shape index (κ1) is 15.6. The highest BCUT2D eigenvalue weighted by Crippen LogP contribution is 2.37. The highest BCUT2D eigenvalue weighted by atomic mass is 16.6. The number of ether oxygens (including phenoxy) is 2. The number of benzene rings is 2. The van der Waals surface area contributed by atoms with Crippen molar-refractivity contribution in [2.24, 2.45) is 0 Å². The summed E-state index contributed by atoms with van der Waals surface area (Å²) in [6.07, 6.45) is 0.940. The Bertz CT molecular complexity index is 958. The Morgan fingerprint density at radius 2 is 2.00 bits per heavy atom. The van der Waals surface area contributed by atoms with Crippen LogP contribution in [0.25, 0.3) is 11.0 Å². The van der Waals surface area contributed by atoms with Crippen LogP contribution in [-0.2, 0) is 6.42 Å². The summed E-state index contributed by atoms with van der Waals surface area (Å²) in [5.74, 6) is 1.22. The number of para-hydroxylation sites is 1. The first-order valence-electron chi connectivity index (χ1n) is 8.39. The molecule has 4 rings (SSSR count). The summed E-state index contributed by atoms with van der Waals surface area (Å²) >= 11 is 0. The summed E-state index contributed by atoms with van der Waals surface area (Å²) in [5.41, 5.74) is 3.35. The molecule has 2 aromatic carbocycles. The predicted molar refractivity (Wildman–Crippen MR) is 95.7 cm³/mol. The summed E-state index contributed by atoms with van der Waals surface area (Å²) in [5, 5.41) is 3.85. The van der Waals surface area contributed by atoms with Gasteiger partial charge in [-0.25, -0.2) is 0 Å². The van der Waals surface area contributed by atoms with Crippen LogP contribution in [0.2, 0.25) is 0 Å². The number of amides is 1. The van der Waals surface area contributed by atoms with Crippen LogP contribution in [0.15, 0.2) is 40.8 Å². The lowest BCUT2D eigenvalue weighted by atomic mass is 10.1. The third kappa shape index (κ3) is 2.71. The van der Waals surface area contributed by atoms with Crippen molar-refractivity contribution in [1.82, 2.24) is 0 Å². The van der Waals surface area contributed by atoms with Gasteiger partial charge >= 0.3 is 0 Å². The Morgan fingerprint density at radius 3 is 2.84 bits per heavy atom. The van der Waals surface area contributed by atoms with Crippen molar-refractivity contribution in [2.45, 2.75) is 20.3 Å². The van der Waals surface area contributed by atoms with Crippen molar-refractivity contribution in [2.75, 3.05) is 18.5 Å². The smallest absolute Gasteiger partial charge is 0.291 e. The molecule has 3 aromatic rings. The topological polar surface area (TPSA) is 60.7 Å². The fourth-order valence-electron chi connectivity index (χ4n) is 3.06. The zero-order valence-corrected chi connectivity index (χ0v) is 14.2. The molecular weight excluding hydrogens is 318 g/mol. The van der Waals surface area contributed by atoms with Crippen molar-refractivity contribution in [3.8, 4) is 11.5 Å². The van der Waals surface area contributed by atoms with Crippen LogP contribution in [0.1, 0.15) is 28.6 Å². The fraction of sp³-hybridized carbons (Fsp3) is 0.250. The minimum absolute atomic E-state index is 0.297. The van der Waals surface area contributed by atoms with E-state index in [-0.39, 0.29) is 5.91 Å². The van der Waals surface area contributed by atoms with E-state index in [4.69, 9.17) is 13.9 Å². The number of carbonyl (C=O) groups excluding carboxylic acids is 1. The summed E-state index contributed by atoms with van der Waals surface area (Å²) in [7, 11) is 0. The van der Waals surface area contributed by atoms with Gasteiger partial charge in [-0.15, -0.1) is 0 Å². The van der Waals surface area contributed by atoms with E-state index >= 15 is 0 Å². The molecule has 0 fully saturated rings. The Kier molecular flexibility index (Phi) is 3.84. The van der Waals surface area contributed by atoms with E-state index in [1.165, 1.54) is 5.56 Å². The maximum Gasteiger partial charge on any atom is 0.291 e. The average Bonchev–Trinajstić information content (AvgIpc) is 2.98. The first-order chi connectivity index (χ1) is 12.2. The van der Waals surface area contributed by atoms with Crippen LogP contribution in [0.5, 0.6) is 11.5 Å². The minimum Gasteiger partial charge on any atom is -0.486 e. The van der Waals surface area contributed by atoms with Crippen molar-refractivity contribution < 1.29 is 18.7 Å². The molecule has 0 atom stereocenters. The molecule has 5 heteroatoms. The normalized spacial score (nSPS) is 13.0. The van der Waals surface area contributed by atoms with Crippen LogP contribution in [0.4, 0.5) is 5.69 Å². The van der Waals surface area contributed by atoms with Gasteiger partial charge in [0.15, 0.2) is 17.3 Å².